The van der Waals surface area contributed by atoms with E-state index < -0.39 is 17.9 Å². The van der Waals surface area contributed by atoms with Gasteiger partial charge in [-0.05, 0) is 32.6 Å². The van der Waals surface area contributed by atoms with Crippen molar-refractivity contribution >= 4 is 39.5 Å². The van der Waals surface area contributed by atoms with E-state index in [-0.39, 0.29) is 49.9 Å². The van der Waals surface area contributed by atoms with Crippen molar-refractivity contribution in [2.45, 2.75) is 45.1 Å². The molecule has 0 heterocycles. The summed E-state index contributed by atoms with van der Waals surface area (Å²) in [7, 11) is 0. The van der Waals surface area contributed by atoms with E-state index in [9.17, 15) is 24.3 Å². The van der Waals surface area contributed by atoms with Gasteiger partial charge in [0, 0.05) is 26.2 Å². The van der Waals surface area contributed by atoms with Crippen molar-refractivity contribution < 1.29 is 43.2 Å². The Balaban J connectivity index is 3.69. The number of halogens is 1. The number of hydrogen-bond donors (Lipinski definition) is 3. The van der Waals surface area contributed by atoms with Gasteiger partial charge in [0.25, 0.3) is 0 Å². The van der Waals surface area contributed by atoms with Crippen LogP contribution in [-0.2, 0) is 38.1 Å². The number of carboxylic acid groups (broad SMARTS) is 1. The zero-order valence-corrected chi connectivity index (χ0v) is 20.9. The molecular formula is C21H37BrN2O9. The predicted molar refractivity (Wildman–Crippen MR) is 123 cm³/mol. The molecule has 2 amide bonds. The molecule has 0 aromatic heterocycles. The van der Waals surface area contributed by atoms with E-state index in [1.807, 2.05) is 6.92 Å². The first-order chi connectivity index (χ1) is 15.9. The molecule has 0 saturated carbocycles. The molecular weight excluding hydrogens is 504 g/mol. The number of ether oxygens (including phenoxy) is 4. The number of hydrogen-bond acceptors (Lipinski definition) is 8. The first-order valence-electron chi connectivity index (χ1n) is 11.1. The maximum atomic E-state index is 11.9. The quantitative estimate of drug-likeness (QED) is 0.125. The summed E-state index contributed by atoms with van der Waals surface area (Å²) in [5.74, 6) is -1.78. The summed E-state index contributed by atoms with van der Waals surface area (Å²) in [6, 6.07) is -1.01. The molecule has 0 aromatic carbocycles. The van der Waals surface area contributed by atoms with E-state index in [0.717, 1.165) is 0 Å². The highest BCUT2D eigenvalue weighted by Crippen LogP contribution is 2.01. The molecule has 0 spiro atoms. The highest BCUT2D eigenvalue weighted by Gasteiger charge is 2.19. The molecule has 0 unspecified atom stereocenters. The second kappa shape index (κ2) is 22.2. The molecule has 11 nitrogen and oxygen atoms in total. The summed E-state index contributed by atoms with van der Waals surface area (Å²) in [4.78, 5) is 45.9. The van der Waals surface area contributed by atoms with E-state index >= 15 is 0 Å². The molecule has 0 radical (unpaired) electrons. The number of nitrogens with one attached hydrogen (secondary N) is 2. The largest absolute Gasteiger partial charge is 0.480 e. The third-order valence-electron chi connectivity index (χ3n) is 4.19. The highest BCUT2D eigenvalue weighted by molar-refractivity contribution is 9.09. The summed E-state index contributed by atoms with van der Waals surface area (Å²) in [6.07, 6.45) is 2.32. The van der Waals surface area contributed by atoms with Gasteiger partial charge in [0.15, 0.2) is 5.78 Å². The van der Waals surface area contributed by atoms with Crippen LogP contribution >= 0.6 is 15.9 Å². The minimum absolute atomic E-state index is 0.000287. The Labute approximate surface area is 203 Å². The van der Waals surface area contributed by atoms with Crippen molar-refractivity contribution in [1.29, 1.82) is 0 Å². The Kier molecular flexibility index (Phi) is 21.1. The van der Waals surface area contributed by atoms with Crippen LogP contribution in [0.25, 0.3) is 0 Å². The topological polar surface area (TPSA) is 149 Å². The Morgan fingerprint density at radius 3 is 2.18 bits per heavy atom. The van der Waals surface area contributed by atoms with Crippen molar-refractivity contribution in [3.8, 4) is 0 Å². The Hall–Kier alpha value is -1.60. The molecule has 0 aromatic rings. The summed E-state index contributed by atoms with van der Waals surface area (Å²) in [5, 5.41) is 14.5. The fourth-order valence-electron chi connectivity index (χ4n) is 2.52. The Morgan fingerprint density at radius 2 is 1.52 bits per heavy atom. The fourth-order valence-corrected chi connectivity index (χ4v) is 2.72. The van der Waals surface area contributed by atoms with Gasteiger partial charge < -0.3 is 34.7 Å². The third-order valence-corrected chi connectivity index (χ3v) is 4.69. The smallest absolute Gasteiger partial charge is 0.326 e. The summed E-state index contributed by atoms with van der Waals surface area (Å²) in [5.41, 5.74) is 0. The second-order valence-corrected chi connectivity index (χ2v) is 7.56. The van der Waals surface area contributed by atoms with E-state index in [0.29, 0.717) is 58.7 Å². The fraction of sp³-hybridized carbons (Fsp3) is 0.810. The van der Waals surface area contributed by atoms with Gasteiger partial charge in [-0.25, -0.2) is 4.79 Å². The number of Topliss-reactive ketones (excluding diaryl/α,β-unsaturated/α-hetero) is 1. The average Bonchev–Trinajstić information content (AvgIpc) is 2.79. The van der Waals surface area contributed by atoms with Gasteiger partial charge in [-0.2, -0.15) is 0 Å². The van der Waals surface area contributed by atoms with Crippen molar-refractivity contribution in [3.05, 3.63) is 0 Å². The van der Waals surface area contributed by atoms with Crippen molar-refractivity contribution in [2.75, 3.05) is 64.7 Å². The molecule has 0 saturated heterocycles. The van der Waals surface area contributed by atoms with E-state index in [1.165, 1.54) is 0 Å². The summed E-state index contributed by atoms with van der Waals surface area (Å²) in [6.45, 7) is 4.44. The number of carboxylic acids is 1. The van der Waals surface area contributed by atoms with Crippen LogP contribution in [0.3, 0.4) is 0 Å². The van der Waals surface area contributed by atoms with E-state index in [4.69, 9.17) is 18.9 Å². The van der Waals surface area contributed by atoms with Crippen LogP contribution in [0.4, 0.5) is 0 Å². The first kappa shape index (κ1) is 31.4. The number of unbranched alkanes of at least 4 members (excludes halogenated alkanes) is 1. The lowest BCUT2D eigenvalue weighted by Crippen LogP contribution is -2.42. The molecule has 3 N–H and O–H groups in total. The summed E-state index contributed by atoms with van der Waals surface area (Å²) < 4.78 is 20.8. The Morgan fingerprint density at radius 1 is 0.848 bits per heavy atom. The number of rotatable bonds is 23. The standard InChI is InChI=1S/C21H37BrN2O9/c1-2-30-10-12-32-15-17(25)6-5-9-31-11-13-33-16-20(27)24-18(21(28)29)7-3-4-8-23-19(26)14-22/h18H,2-16H2,1H3,(H,23,26)(H,24,27)(H,28,29)/t18-/m0/s1. The van der Waals surface area contributed by atoms with Crippen LogP contribution in [0.1, 0.15) is 39.0 Å². The second-order valence-electron chi connectivity index (χ2n) is 6.99. The number of alkyl halides is 1. The van der Waals surface area contributed by atoms with Crippen molar-refractivity contribution in [1.82, 2.24) is 10.6 Å². The molecule has 0 aliphatic rings. The van der Waals surface area contributed by atoms with Gasteiger partial charge in [-0.1, -0.05) is 15.9 Å². The van der Waals surface area contributed by atoms with Crippen molar-refractivity contribution in [3.63, 3.8) is 0 Å². The van der Waals surface area contributed by atoms with Gasteiger partial charge in [0.05, 0.1) is 31.8 Å². The summed E-state index contributed by atoms with van der Waals surface area (Å²) >= 11 is 3.04. The zero-order valence-electron chi connectivity index (χ0n) is 19.3. The number of amides is 2. The molecule has 0 aliphatic carbocycles. The SMILES string of the molecule is CCOCCOCC(=O)CCCOCCOCC(=O)N[C@@H](CCCCNC(=O)CBr)C(=O)O. The zero-order chi connectivity index (χ0) is 24.7. The minimum Gasteiger partial charge on any atom is -0.480 e. The van der Waals surface area contributed by atoms with E-state index in [2.05, 4.69) is 26.6 Å². The number of ketones is 1. The maximum Gasteiger partial charge on any atom is 0.326 e. The highest BCUT2D eigenvalue weighted by atomic mass is 79.9. The van der Waals surface area contributed by atoms with Crippen LogP contribution < -0.4 is 10.6 Å². The molecule has 0 bridgehead atoms. The van der Waals surface area contributed by atoms with Crippen LogP contribution in [0.2, 0.25) is 0 Å². The first-order valence-corrected chi connectivity index (χ1v) is 12.2. The predicted octanol–water partition coefficient (Wildman–Crippen LogP) is 0.673. The lowest BCUT2D eigenvalue weighted by atomic mass is 10.1. The molecule has 1 atom stereocenters. The number of aliphatic carboxylic acids is 1. The van der Waals surface area contributed by atoms with Gasteiger partial charge >= 0.3 is 5.97 Å². The van der Waals surface area contributed by atoms with E-state index in [1.54, 1.807) is 0 Å². The molecule has 192 valence electrons. The van der Waals surface area contributed by atoms with Crippen LogP contribution in [0.15, 0.2) is 0 Å². The average molecular weight is 541 g/mol. The molecule has 0 aliphatic heterocycles. The van der Waals surface area contributed by atoms with Crippen LogP contribution in [-0.4, -0.2) is 99.4 Å². The van der Waals surface area contributed by atoms with Crippen LogP contribution in [0.5, 0.6) is 0 Å². The molecule has 0 rings (SSSR count). The lowest BCUT2D eigenvalue weighted by molar-refractivity contribution is -0.142. The third kappa shape index (κ3) is 20.7. The van der Waals surface area contributed by atoms with Crippen LogP contribution in [0, 0.1) is 0 Å². The number of carbonyl (C=O) groups excluding carboxylic acids is 3. The van der Waals surface area contributed by atoms with Gasteiger partial charge in [0.2, 0.25) is 11.8 Å². The maximum absolute atomic E-state index is 11.9. The van der Waals surface area contributed by atoms with Crippen molar-refractivity contribution in [2.24, 2.45) is 0 Å². The van der Waals surface area contributed by atoms with Gasteiger partial charge in [-0.3, -0.25) is 14.4 Å². The monoisotopic (exact) mass is 540 g/mol. The van der Waals surface area contributed by atoms with Gasteiger partial charge in [0.1, 0.15) is 19.3 Å². The lowest BCUT2D eigenvalue weighted by Gasteiger charge is -2.14. The molecule has 12 heteroatoms. The molecule has 33 heavy (non-hydrogen) atoms. The molecule has 0 fully saturated rings. The van der Waals surface area contributed by atoms with Gasteiger partial charge in [-0.15, -0.1) is 0 Å². The number of carbonyl (C=O) groups is 4. The minimum atomic E-state index is -1.12. The normalized spacial score (nSPS) is 11.7. The Bertz CT molecular complexity index is 564.